The zero-order valence-corrected chi connectivity index (χ0v) is 19.3. The van der Waals surface area contributed by atoms with Crippen molar-refractivity contribution in [3.05, 3.63) is 54.1 Å². The average Bonchev–Trinajstić information content (AvgIpc) is 3.47. The van der Waals surface area contributed by atoms with Gasteiger partial charge in [-0.15, -0.1) is 0 Å². The van der Waals surface area contributed by atoms with E-state index in [1.165, 1.54) is 24.3 Å². The number of nitrogens with one attached hydrogen (secondary N) is 2. The summed E-state index contributed by atoms with van der Waals surface area (Å²) in [6, 6.07) is 8.87. The highest BCUT2D eigenvalue weighted by atomic mass is 32.2. The molecule has 0 heterocycles. The molecule has 1 amide bonds. The quantitative estimate of drug-likeness (QED) is 0.474. The van der Waals surface area contributed by atoms with Crippen molar-refractivity contribution in [2.75, 3.05) is 12.9 Å². The van der Waals surface area contributed by atoms with E-state index in [0.29, 0.717) is 11.1 Å². The highest BCUT2D eigenvalue weighted by molar-refractivity contribution is 7.90. The zero-order chi connectivity index (χ0) is 24.4. The molecule has 6 nitrogen and oxygen atoms in total. The Morgan fingerprint density at radius 1 is 1.06 bits per heavy atom. The van der Waals surface area contributed by atoms with Crippen LogP contribution in [0.3, 0.4) is 0 Å². The van der Waals surface area contributed by atoms with Crippen LogP contribution in [0.4, 0.5) is 13.2 Å². The number of alkyl halides is 3. The minimum absolute atomic E-state index is 0.0227. The van der Waals surface area contributed by atoms with Crippen molar-refractivity contribution in [3.63, 3.8) is 0 Å². The van der Waals surface area contributed by atoms with Crippen LogP contribution >= 0.6 is 0 Å². The van der Waals surface area contributed by atoms with Gasteiger partial charge in [-0.1, -0.05) is 43.3 Å². The minimum atomic E-state index is -4.62. The van der Waals surface area contributed by atoms with Crippen LogP contribution in [0.15, 0.2) is 53.4 Å². The van der Waals surface area contributed by atoms with Crippen molar-refractivity contribution >= 4 is 15.7 Å². The Morgan fingerprint density at radius 2 is 1.58 bits per heavy atom. The van der Waals surface area contributed by atoms with E-state index in [9.17, 15) is 26.4 Å². The molecule has 2 aromatic carbocycles. The number of hydrogen-bond acceptors (Lipinski definition) is 5. The second kappa shape index (κ2) is 9.44. The van der Waals surface area contributed by atoms with E-state index >= 15 is 0 Å². The lowest BCUT2D eigenvalue weighted by atomic mass is 9.95. The van der Waals surface area contributed by atoms with Crippen molar-refractivity contribution in [3.8, 4) is 11.1 Å². The van der Waals surface area contributed by atoms with Crippen LogP contribution in [0, 0.1) is 5.41 Å². The van der Waals surface area contributed by atoms with E-state index in [1.807, 2.05) is 6.92 Å². The first kappa shape index (κ1) is 25.2. The SMILES string of the molecule is CC1(C[C@H](N[C@@H](c2ccc(-c3ccc(S(C)(=O)=O)cc3)cc2)C(F)(F)F)C(=O)NCN)CC1. The molecule has 0 radical (unpaired) electrons. The van der Waals surface area contributed by atoms with Crippen LogP contribution in [0.2, 0.25) is 0 Å². The van der Waals surface area contributed by atoms with Crippen LogP contribution in [-0.4, -0.2) is 39.5 Å². The summed E-state index contributed by atoms with van der Waals surface area (Å²) in [7, 11) is -3.34. The topological polar surface area (TPSA) is 101 Å². The van der Waals surface area contributed by atoms with Crippen LogP contribution < -0.4 is 16.4 Å². The number of nitrogens with two attached hydrogens (primary N) is 1. The smallest absolute Gasteiger partial charge is 0.342 e. The van der Waals surface area contributed by atoms with E-state index in [2.05, 4.69) is 10.6 Å². The molecule has 10 heteroatoms. The molecule has 2 aromatic rings. The third-order valence-electron chi connectivity index (χ3n) is 5.95. The summed E-state index contributed by atoms with van der Waals surface area (Å²) in [5.74, 6) is -0.553. The Hall–Kier alpha value is -2.43. The molecule has 1 fully saturated rings. The number of hydrogen-bond donors (Lipinski definition) is 3. The first-order valence-electron chi connectivity index (χ1n) is 10.5. The Morgan fingerprint density at radius 3 is 2.00 bits per heavy atom. The summed E-state index contributed by atoms with van der Waals surface area (Å²) in [6.07, 6.45) is -1.50. The Kier molecular flexibility index (Phi) is 7.21. The van der Waals surface area contributed by atoms with Gasteiger partial charge in [0, 0.05) is 6.26 Å². The second-order valence-corrected chi connectivity index (χ2v) is 10.9. The number of carbonyl (C=O) groups is 1. The van der Waals surface area contributed by atoms with Crippen LogP contribution in [-0.2, 0) is 14.6 Å². The van der Waals surface area contributed by atoms with Gasteiger partial charge >= 0.3 is 6.18 Å². The summed E-state index contributed by atoms with van der Waals surface area (Å²) < 4.78 is 65.1. The first-order chi connectivity index (χ1) is 15.3. The fourth-order valence-corrected chi connectivity index (χ4v) is 4.34. The van der Waals surface area contributed by atoms with Crippen molar-refractivity contribution < 1.29 is 26.4 Å². The molecule has 1 aliphatic rings. The van der Waals surface area contributed by atoms with Gasteiger partial charge < -0.3 is 11.1 Å². The number of carbonyl (C=O) groups excluding carboxylic acids is 1. The lowest BCUT2D eigenvalue weighted by Crippen LogP contribution is -2.50. The molecule has 0 bridgehead atoms. The molecule has 1 aliphatic carbocycles. The van der Waals surface area contributed by atoms with E-state index < -0.39 is 34.0 Å². The molecule has 0 aromatic heterocycles. The molecule has 0 aliphatic heterocycles. The molecule has 0 spiro atoms. The molecule has 4 N–H and O–H groups in total. The Balaban J connectivity index is 1.84. The third-order valence-corrected chi connectivity index (χ3v) is 7.08. The van der Waals surface area contributed by atoms with E-state index in [0.717, 1.165) is 19.1 Å². The zero-order valence-electron chi connectivity index (χ0n) is 18.4. The highest BCUT2D eigenvalue weighted by Gasteiger charge is 2.46. The highest BCUT2D eigenvalue weighted by Crippen LogP contribution is 2.49. The van der Waals surface area contributed by atoms with Crippen molar-refractivity contribution in [1.29, 1.82) is 0 Å². The lowest BCUT2D eigenvalue weighted by molar-refractivity contribution is -0.161. The molecular weight excluding hydrogens is 455 g/mol. The second-order valence-electron chi connectivity index (χ2n) is 8.87. The number of amides is 1. The van der Waals surface area contributed by atoms with Gasteiger partial charge in [-0.3, -0.25) is 10.1 Å². The van der Waals surface area contributed by atoms with Crippen molar-refractivity contribution in [1.82, 2.24) is 10.6 Å². The normalized spacial score (nSPS) is 17.3. The van der Waals surface area contributed by atoms with Gasteiger partial charge in [0.1, 0.15) is 6.04 Å². The Bertz CT molecular complexity index is 1080. The molecule has 1 saturated carbocycles. The summed E-state index contributed by atoms with van der Waals surface area (Å²) in [5.41, 5.74) is 6.51. The van der Waals surface area contributed by atoms with Gasteiger partial charge in [0.15, 0.2) is 9.84 Å². The van der Waals surface area contributed by atoms with Crippen LogP contribution in [0.5, 0.6) is 0 Å². The Labute approximate surface area is 191 Å². The number of halogens is 3. The van der Waals surface area contributed by atoms with E-state index in [-0.39, 0.29) is 29.0 Å². The predicted molar refractivity (Wildman–Crippen MR) is 120 cm³/mol. The lowest BCUT2D eigenvalue weighted by Gasteiger charge is -2.29. The number of benzene rings is 2. The summed E-state index contributed by atoms with van der Waals surface area (Å²) in [4.78, 5) is 12.6. The first-order valence-corrected chi connectivity index (χ1v) is 12.4. The maximum Gasteiger partial charge on any atom is 0.407 e. The van der Waals surface area contributed by atoms with Crippen molar-refractivity contribution in [2.45, 2.75) is 49.3 Å². The van der Waals surface area contributed by atoms with Crippen LogP contribution in [0.1, 0.15) is 37.8 Å². The van der Waals surface area contributed by atoms with E-state index in [4.69, 9.17) is 5.73 Å². The molecule has 0 saturated heterocycles. The predicted octanol–water partition coefficient (Wildman–Crippen LogP) is 3.54. The minimum Gasteiger partial charge on any atom is -0.342 e. The molecule has 2 atom stereocenters. The fraction of sp³-hybridized carbons (Fsp3) is 0.435. The summed E-state index contributed by atoms with van der Waals surface area (Å²) in [6.45, 7) is 1.79. The standard InChI is InChI=1S/C23H28F3N3O3S/c1-22(11-12-22)13-19(21(30)28-14-27)29-20(23(24,25)26)17-5-3-15(4-6-17)16-7-9-18(10-8-16)33(2,31)32/h3-10,19-20,29H,11-14,27H2,1-2H3,(H,28,30)/t19-,20-/m0/s1. The monoisotopic (exact) mass is 483 g/mol. The maximum absolute atomic E-state index is 14.0. The molecule has 180 valence electrons. The van der Waals surface area contributed by atoms with Gasteiger partial charge in [-0.25, -0.2) is 8.42 Å². The summed E-state index contributed by atoms with van der Waals surface area (Å²) >= 11 is 0. The maximum atomic E-state index is 14.0. The third kappa shape index (κ3) is 6.55. The average molecular weight is 484 g/mol. The molecule has 33 heavy (non-hydrogen) atoms. The molecule has 0 unspecified atom stereocenters. The molecular formula is C23H28F3N3O3S. The fourth-order valence-electron chi connectivity index (χ4n) is 3.70. The number of sulfone groups is 1. The summed E-state index contributed by atoms with van der Waals surface area (Å²) in [5, 5.41) is 4.93. The number of rotatable bonds is 9. The van der Waals surface area contributed by atoms with Gasteiger partial charge in [0.2, 0.25) is 5.91 Å². The van der Waals surface area contributed by atoms with E-state index in [1.54, 1.807) is 24.3 Å². The van der Waals surface area contributed by atoms with Crippen molar-refractivity contribution in [2.24, 2.45) is 11.1 Å². The van der Waals surface area contributed by atoms with Gasteiger partial charge in [-0.05, 0) is 53.5 Å². The van der Waals surface area contributed by atoms with Crippen LogP contribution in [0.25, 0.3) is 11.1 Å². The van der Waals surface area contributed by atoms with Gasteiger partial charge in [0.25, 0.3) is 0 Å². The van der Waals surface area contributed by atoms with Gasteiger partial charge in [0.05, 0.1) is 17.6 Å². The molecule has 3 rings (SSSR count). The largest absolute Gasteiger partial charge is 0.407 e. The van der Waals surface area contributed by atoms with Gasteiger partial charge in [-0.2, -0.15) is 13.2 Å².